The van der Waals surface area contributed by atoms with Crippen molar-refractivity contribution in [3.8, 4) is 46.0 Å². The summed E-state index contributed by atoms with van der Waals surface area (Å²) >= 11 is 12.3. The van der Waals surface area contributed by atoms with Crippen LogP contribution in [0, 0.1) is 11.8 Å². The molecule has 2 N–H and O–H groups in total. The molecule has 0 saturated carbocycles. The van der Waals surface area contributed by atoms with Gasteiger partial charge in [-0.15, -0.1) is 13.2 Å². The number of hydrogen-bond donors (Lipinski definition) is 2. The molecule has 1 aliphatic heterocycles. The number of aliphatic carboxylic acids is 1. The summed E-state index contributed by atoms with van der Waals surface area (Å²) in [4.78, 5) is 25.3. The van der Waals surface area contributed by atoms with Gasteiger partial charge in [0, 0.05) is 23.1 Å². The van der Waals surface area contributed by atoms with E-state index in [1.165, 1.54) is 50.6 Å². The molecule has 0 aliphatic carbocycles. The second-order valence-corrected chi connectivity index (χ2v) is 11.6. The quantitative estimate of drug-likeness (QED) is 0.171. The van der Waals surface area contributed by atoms with Gasteiger partial charge in [0.2, 0.25) is 0 Å². The van der Waals surface area contributed by atoms with E-state index in [1.807, 2.05) is 0 Å². The summed E-state index contributed by atoms with van der Waals surface area (Å²) in [6.07, 6.45) is -3.55. The Kier molecular flexibility index (Phi) is 10.8. The second-order valence-electron chi connectivity index (χ2n) is 10.8. The third-order valence-corrected chi connectivity index (χ3v) is 8.24. The highest BCUT2D eigenvalue weighted by atomic mass is 35.5. The Labute approximate surface area is 289 Å². The molecule has 49 heavy (non-hydrogen) atoms. The third kappa shape index (κ3) is 8.34. The number of amides is 1. The molecule has 1 amide bonds. The van der Waals surface area contributed by atoms with Crippen LogP contribution in [0.2, 0.25) is 10.0 Å². The first-order valence-electron chi connectivity index (χ1n) is 14.8. The zero-order valence-corrected chi connectivity index (χ0v) is 27.6. The van der Waals surface area contributed by atoms with Crippen LogP contribution >= 0.6 is 23.2 Å². The van der Waals surface area contributed by atoms with Gasteiger partial charge in [0.1, 0.15) is 29.0 Å². The molecule has 1 heterocycles. The van der Waals surface area contributed by atoms with E-state index in [9.17, 15) is 27.9 Å². The van der Waals surface area contributed by atoms with E-state index in [-0.39, 0.29) is 27.8 Å². The Morgan fingerprint density at radius 1 is 0.959 bits per heavy atom. The number of methoxy groups -OCH3 is 2. The van der Waals surface area contributed by atoms with Gasteiger partial charge in [0.05, 0.1) is 42.0 Å². The Hall–Kier alpha value is -5.05. The summed E-state index contributed by atoms with van der Waals surface area (Å²) in [6.45, 7) is 0.425. The lowest BCUT2D eigenvalue weighted by Gasteiger charge is -2.26. The maximum atomic E-state index is 13.0. The predicted molar refractivity (Wildman–Crippen MR) is 177 cm³/mol. The van der Waals surface area contributed by atoms with Gasteiger partial charge < -0.3 is 29.4 Å². The van der Waals surface area contributed by atoms with Crippen LogP contribution in [0.4, 0.5) is 13.2 Å². The normalized spacial score (nSPS) is 12.8. The van der Waals surface area contributed by atoms with E-state index in [0.717, 1.165) is 5.56 Å². The van der Waals surface area contributed by atoms with E-state index in [4.69, 9.17) is 37.4 Å². The molecule has 0 spiro atoms. The van der Waals surface area contributed by atoms with Crippen LogP contribution in [0.5, 0.6) is 23.0 Å². The lowest BCUT2D eigenvalue weighted by Crippen LogP contribution is -2.42. The SMILES string of the molecule is COc1cc(C#Cc2ccc(OC(F)(F)F)cc2)cc(OC)c1-c1ccc(CC(NC(=O)c2c(Cl)cccc2Cl)C(=O)O)c2c1OCCC2. The van der Waals surface area contributed by atoms with Crippen LogP contribution in [-0.2, 0) is 17.6 Å². The fourth-order valence-corrected chi connectivity index (χ4v) is 5.99. The molecule has 4 aromatic rings. The molecule has 254 valence electrons. The molecule has 1 atom stereocenters. The number of fused-ring (bicyclic) bond motifs is 1. The average Bonchev–Trinajstić information content (AvgIpc) is 3.06. The first kappa shape index (κ1) is 35.3. The summed E-state index contributed by atoms with van der Waals surface area (Å²) in [7, 11) is 2.98. The van der Waals surface area contributed by atoms with E-state index >= 15 is 0 Å². The summed E-state index contributed by atoms with van der Waals surface area (Å²) in [5.74, 6) is 4.94. The van der Waals surface area contributed by atoms with E-state index in [2.05, 4.69) is 21.9 Å². The molecule has 0 bridgehead atoms. The summed E-state index contributed by atoms with van der Waals surface area (Å²) in [5, 5.41) is 12.8. The third-order valence-electron chi connectivity index (χ3n) is 7.61. The topological polar surface area (TPSA) is 103 Å². The minimum absolute atomic E-state index is 0.0152. The lowest BCUT2D eigenvalue weighted by atomic mass is 9.89. The van der Waals surface area contributed by atoms with Crippen molar-refractivity contribution in [3.63, 3.8) is 0 Å². The highest BCUT2D eigenvalue weighted by molar-refractivity contribution is 6.39. The van der Waals surface area contributed by atoms with Gasteiger partial charge in [-0.25, -0.2) is 4.79 Å². The fraction of sp³-hybridized carbons (Fsp3) is 0.222. The zero-order valence-electron chi connectivity index (χ0n) is 26.0. The van der Waals surface area contributed by atoms with E-state index in [0.29, 0.717) is 64.5 Å². The Balaban J connectivity index is 1.46. The standard InChI is InChI=1S/C36H28Cl2F3NO7/c1-46-29-17-21(9-8-20-10-13-23(14-11-20)49-36(39,40)41)18-30(47-2)31(29)25-15-12-22(24-5-4-16-48-33(24)25)19-28(35(44)45)42-34(43)32-26(37)6-3-7-27(32)38/h3,6-7,10-15,17-18,28H,4-5,16,19H2,1-2H3,(H,42,43)(H,44,45). The van der Waals surface area contributed by atoms with E-state index < -0.39 is 24.3 Å². The number of halogens is 5. The van der Waals surface area contributed by atoms with Crippen LogP contribution in [-0.4, -0.2) is 50.2 Å². The molecule has 5 rings (SSSR count). The number of alkyl halides is 3. The largest absolute Gasteiger partial charge is 0.573 e. The van der Waals surface area contributed by atoms with Crippen molar-refractivity contribution in [2.75, 3.05) is 20.8 Å². The van der Waals surface area contributed by atoms with Crippen LogP contribution in [0.25, 0.3) is 11.1 Å². The first-order valence-corrected chi connectivity index (χ1v) is 15.5. The number of benzene rings is 4. The highest BCUT2D eigenvalue weighted by Gasteiger charge is 2.31. The second kappa shape index (κ2) is 15.0. The van der Waals surface area contributed by atoms with Crippen molar-refractivity contribution in [3.05, 3.63) is 105 Å². The Bertz CT molecular complexity index is 1910. The molecule has 8 nitrogen and oxygen atoms in total. The predicted octanol–water partition coefficient (Wildman–Crippen LogP) is 7.73. The minimum Gasteiger partial charge on any atom is -0.496 e. The number of ether oxygens (including phenoxy) is 4. The van der Waals surface area contributed by atoms with Gasteiger partial charge in [0.15, 0.2) is 0 Å². The molecule has 0 saturated heterocycles. The summed E-state index contributed by atoms with van der Waals surface area (Å²) in [6, 6.07) is 15.4. The average molecular weight is 715 g/mol. The molecule has 1 aliphatic rings. The van der Waals surface area contributed by atoms with Crippen LogP contribution in [0.15, 0.2) is 66.7 Å². The van der Waals surface area contributed by atoms with Crippen LogP contribution in [0.3, 0.4) is 0 Å². The number of nitrogens with one attached hydrogen (secondary N) is 1. The smallest absolute Gasteiger partial charge is 0.496 e. The number of carboxylic acid groups (broad SMARTS) is 1. The molecule has 1 unspecified atom stereocenters. The van der Waals surface area contributed by atoms with Gasteiger partial charge in [-0.1, -0.05) is 53.2 Å². The molecular formula is C36H28Cl2F3NO7. The number of carbonyl (C=O) groups excluding carboxylic acids is 1. The van der Waals surface area contributed by atoms with Gasteiger partial charge in [-0.3, -0.25) is 4.79 Å². The first-order chi connectivity index (χ1) is 23.4. The molecule has 0 radical (unpaired) electrons. The van der Waals surface area contributed by atoms with Crippen LogP contribution in [0.1, 0.15) is 39.0 Å². The van der Waals surface area contributed by atoms with Crippen molar-refractivity contribution in [2.45, 2.75) is 31.7 Å². The lowest BCUT2D eigenvalue weighted by molar-refractivity contribution is -0.274. The van der Waals surface area contributed by atoms with Crippen LogP contribution < -0.4 is 24.3 Å². The number of carbonyl (C=O) groups is 2. The minimum atomic E-state index is -4.79. The van der Waals surface area contributed by atoms with Gasteiger partial charge in [0.25, 0.3) is 5.91 Å². The Morgan fingerprint density at radius 3 is 2.18 bits per heavy atom. The van der Waals surface area contributed by atoms with Crippen molar-refractivity contribution in [1.82, 2.24) is 5.32 Å². The molecule has 13 heteroatoms. The number of hydrogen-bond acceptors (Lipinski definition) is 6. The monoisotopic (exact) mass is 713 g/mol. The summed E-state index contributed by atoms with van der Waals surface area (Å²) in [5.41, 5.74) is 3.63. The molecule has 0 fully saturated rings. The number of rotatable bonds is 9. The molecule has 0 aromatic heterocycles. The maximum absolute atomic E-state index is 13.0. The zero-order chi connectivity index (χ0) is 35.3. The van der Waals surface area contributed by atoms with Crippen molar-refractivity contribution in [2.24, 2.45) is 0 Å². The van der Waals surface area contributed by atoms with Gasteiger partial charge >= 0.3 is 12.3 Å². The summed E-state index contributed by atoms with van der Waals surface area (Å²) < 4.78 is 59.0. The van der Waals surface area contributed by atoms with Gasteiger partial charge in [-0.2, -0.15) is 0 Å². The van der Waals surface area contributed by atoms with Crippen molar-refractivity contribution >= 4 is 35.1 Å². The van der Waals surface area contributed by atoms with Crippen molar-refractivity contribution in [1.29, 1.82) is 0 Å². The molecule has 4 aromatic carbocycles. The fourth-order valence-electron chi connectivity index (χ4n) is 5.42. The van der Waals surface area contributed by atoms with Crippen molar-refractivity contribution < 1.29 is 46.8 Å². The molecular weight excluding hydrogens is 686 g/mol. The van der Waals surface area contributed by atoms with E-state index in [1.54, 1.807) is 30.3 Å². The number of carboxylic acids is 1. The Morgan fingerprint density at radius 2 is 1.59 bits per heavy atom. The maximum Gasteiger partial charge on any atom is 0.573 e. The van der Waals surface area contributed by atoms with Gasteiger partial charge in [-0.05, 0) is 72.5 Å². The highest BCUT2D eigenvalue weighted by Crippen LogP contribution is 2.47.